The van der Waals surface area contributed by atoms with Crippen molar-refractivity contribution in [1.29, 1.82) is 5.26 Å². The highest BCUT2D eigenvalue weighted by atomic mass is 19.1. The van der Waals surface area contributed by atoms with Gasteiger partial charge in [-0.1, -0.05) is 25.1 Å². The lowest BCUT2D eigenvalue weighted by molar-refractivity contribution is 0.126. The molecule has 0 radical (unpaired) electrons. The summed E-state index contributed by atoms with van der Waals surface area (Å²) in [6.45, 7) is 5.01. The number of aromatic nitrogens is 1. The van der Waals surface area contributed by atoms with Crippen LogP contribution in [0.1, 0.15) is 25.8 Å². The molecule has 1 heterocycles. The van der Waals surface area contributed by atoms with Gasteiger partial charge in [-0.05, 0) is 48.2 Å². The molecule has 0 spiro atoms. The molecule has 1 aromatic heterocycles. The molecule has 0 unspecified atom stereocenters. The Morgan fingerprint density at radius 3 is 2.66 bits per heavy atom. The van der Waals surface area contributed by atoms with E-state index in [-0.39, 0.29) is 6.42 Å². The highest BCUT2D eigenvalue weighted by Crippen LogP contribution is 2.27. The van der Waals surface area contributed by atoms with Gasteiger partial charge in [-0.25, -0.2) is 9.18 Å². The van der Waals surface area contributed by atoms with Crippen molar-refractivity contribution in [3.8, 4) is 17.2 Å². The van der Waals surface area contributed by atoms with E-state index in [1.807, 2.05) is 13.0 Å². The number of nitriles is 1. The number of fused-ring (bicyclic) bond motifs is 1. The second kappa shape index (κ2) is 8.60. The van der Waals surface area contributed by atoms with E-state index in [9.17, 15) is 9.18 Å². The van der Waals surface area contributed by atoms with Crippen molar-refractivity contribution < 1.29 is 13.5 Å². The zero-order valence-electron chi connectivity index (χ0n) is 16.6. The molecule has 1 atom stereocenters. The Kier molecular flexibility index (Phi) is 6.16. The fourth-order valence-electron chi connectivity index (χ4n) is 3.16. The fraction of sp³-hybridized carbons (Fsp3) is 0.364. The largest absolute Gasteiger partial charge is 0.420 e. The van der Waals surface area contributed by atoms with E-state index < -0.39 is 17.1 Å². The molecule has 29 heavy (non-hydrogen) atoms. The molecule has 2 aromatic carbocycles. The van der Waals surface area contributed by atoms with Crippen molar-refractivity contribution in [3.05, 3.63) is 58.3 Å². The topological polar surface area (TPSA) is 94.2 Å². The molecule has 6 nitrogen and oxygen atoms in total. The predicted molar refractivity (Wildman–Crippen MR) is 109 cm³/mol. The van der Waals surface area contributed by atoms with Gasteiger partial charge in [0.15, 0.2) is 5.58 Å². The average molecular weight is 397 g/mol. The quantitative estimate of drug-likeness (QED) is 0.586. The minimum Gasteiger partial charge on any atom is -0.408 e. The molecule has 3 aromatic rings. The molecule has 3 rings (SSSR count). The summed E-state index contributed by atoms with van der Waals surface area (Å²) < 4.78 is 26.9. The molecular weight excluding hydrogens is 373 g/mol. The Labute approximate surface area is 168 Å². The summed E-state index contributed by atoms with van der Waals surface area (Å²) in [7, 11) is 0. The van der Waals surface area contributed by atoms with E-state index in [2.05, 4.69) is 0 Å². The SMILES string of the molecule is CCCOCCn1c(=O)oc2ccc(-c3ccc(C[C@@](C)(N)C#N)c(F)c3)cc21. The van der Waals surface area contributed by atoms with Crippen LogP contribution < -0.4 is 11.5 Å². The normalized spacial score (nSPS) is 13.3. The second-order valence-electron chi connectivity index (χ2n) is 7.33. The van der Waals surface area contributed by atoms with Gasteiger partial charge in [-0.15, -0.1) is 0 Å². The van der Waals surface area contributed by atoms with Crippen molar-refractivity contribution in [3.63, 3.8) is 0 Å². The number of halogens is 1. The van der Waals surface area contributed by atoms with Crippen molar-refractivity contribution in [1.82, 2.24) is 4.57 Å². The van der Waals surface area contributed by atoms with Crippen LogP contribution in [0.25, 0.3) is 22.2 Å². The van der Waals surface area contributed by atoms with E-state index in [0.29, 0.717) is 42.0 Å². The molecule has 0 fully saturated rings. The lowest BCUT2D eigenvalue weighted by atomic mass is 9.93. The lowest BCUT2D eigenvalue weighted by Gasteiger charge is -2.16. The first kappa shape index (κ1) is 20.8. The summed E-state index contributed by atoms with van der Waals surface area (Å²) in [5, 5.41) is 9.06. The first-order valence-corrected chi connectivity index (χ1v) is 9.54. The summed E-state index contributed by atoms with van der Waals surface area (Å²) in [5.41, 5.74) is 7.60. The van der Waals surface area contributed by atoms with Gasteiger partial charge in [-0.2, -0.15) is 5.26 Å². The Morgan fingerprint density at radius 2 is 1.97 bits per heavy atom. The van der Waals surface area contributed by atoms with E-state index >= 15 is 0 Å². The molecule has 2 N–H and O–H groups in total. The van der Waals surface area contributed by atoms with Crippen molar-refractivity contribution >= 4 is 11.1 Å². The van der Waals surface area contributed by atoms with Crippen molar-refractivity contribution in [2.45, 2.75) is 38.8 Å². The first-order chi connectivity index (χ1) is 13.8. The van der Waals surface area contributed by atoms with Gasteiger partial charge in [0.2, 0.25) is 0 Å². The molecule has 0 aliphatic carbocycles. The van der Waals surface area contributed by atoms with Crippen LogP contribution in [0.5, 0.6) is 0 Å². The van der Waals surface area contributed by atoms with Crippen molar-refractivity contribution in [2.75, 3.05) is 13.2 Å². The van der Waals surface area contributed by atoms with Gasteiger partial charge in [0.25, 0.3) is 0 Å². The molecule has 0 saturated heterocycles. The van der Waals surface area contributed by atoms with Crippen LogP contribution in [0.15, 0.2) is 45.6 Å². The van der Waals surface area contributed by atoms with Gasteiger partial charge < -0.3 is 14.9 Å². The summed E-state index contributed by atoms with van der Waals surface area (Å²) in [6.07, 6.45) is 1.03. The predicted octanol–water partition coefficient (Wildman–Crippen LogP) is 3.61. The van der Waals surface area contributed by atoms with Gasteiger partial charge >= 0.3 is 5.76 Å². The summed E-state index contributed by atoms with van der Waals surface area (Å²) in [6, 6.07) is 12.1. The molecule has 0 amide bonds. The van der Waals surface area contributed by atoms with Crippen LogP contribution in [0.3, 0.4) is 0 Å². The van der Waals surface area contributed by atoms with Crippen molar-refractivity contribution in [2.24, 2.45) is 5.73 Å². The zero-order valence-corrected chi connectivity index (χ0v) is 16.6. The van der Waals surface area contributed by atoms with E-state index in [4.69, 9.17) is 20.1 Å². The number of benzene rings is 2. The third kappa shape index (κ3) is 4.73. The third-order valence-electron chi connectivity index (χ3n) is 4.67. The molecule has 0 aliphatic rings. The molecule has 7 heteroatoms. The number of nitrogens with two attached hydrogens (primary N) is 1. The lowest BCUT2D eigenvalue weighted by Crippen LogP contribution is -2.36. The van der Waals surface area contributed by atoms with Crippen LogP contribution in [-0.2, 0) is 17.7 Å². The highest BCUT2D eigenvalue weighted by molar-refractivity contribution is 5.80. The Morgan fingerprint density at radius 1 is 1.24 bits per heavy atom. The molecule has 0 aliphatic heterocycles. The van der Waals surface area contributed by atoms with Gasteiger partial charge in [0, 0.05) is 13.0 Å². The minimum atomic E-state index is -1.13. The number of rotatable bonds is 8. The zero-order chi connectivity index (χ0) is 21.0. The van der Waals surface area contributed by atoms with Gasteiger partial charge in [-0.3, -0.25) is 4.57 Å². The van der Waals surface area contributed by atoms with Crippen LogP contribution >= 0.6 is 0 Å². The minimum absolute atomic E-state index is 0.119. The van der Waals surface area contributed by atoms with Gasteiger partial charge in [0.1, 0.15) is 11.4 Å². The third-order valence-corrected chi connectivity index (χ3v) is 4.67. The number of hydrogen-bond acceptors (Lipinski definition) is 5. The monoisotopic (exact) mass is 397 g/mol. The van der Waals surface area contributed by atoms with Crippen LogP contribution in [-0.4, -0.2) is 23.3 Å². The number of nitrogens with zero attached hydrogens (tertiary/aromatic N) is 2. The van der Waals surface area contributed by atoms with E-state index in [1.54, 1.807) is 37.3 Å². The summed E-state index contributed by atoms with van der Waals surface area (Å²) in [4.78, 5) is 12.2. The van der Waals surface area contributed by atoms with E-state index in [0.717, 1.165) is 12.0 Å². The summed E-state index contributed by atoms with van der Waals surface area (Å²) >= 11 is 0. The molecule has 0 saturated carbocycles. The summed E-state index contributed by atoms with van der Waals surface area (Å²) in [5.74, 6) is -0.871. The molecular formula is C22H24FN3O3. The maximum absolute atomic E-state index is 14.6. The second-order valence-corrected chi connectivity index (χ2v) is 7.33. The van der Waals surface area contributed by atoms with Crippen LogP contribution in [0.2, 0.25) is 0 Å². The highest BCUT2D eigenvalue weighted by Gasteiger charge is 2.20. The Balaban J connectivity index is 1.91. The maximum Gasteiger partial charge on any atom is 0.420 e. The van der Waals surface area contributed by atoms with E-state index in [1.165, 1.54) is 10.6 Å². The molecule has 152 valence electrons. The van der Waals surface area contributed by atoms with Gasteiger partial charge in [0.05, 0.1) is 24.7 Å². The Bertz CT molecular complexity index is 1110. The standard InChI is InChI=1S/C22H24FN3O3/c1-3-9-28-10-8-26-19-12-16(6-7-20(19)29-21(26)27)15-4-5-17(18(23)11-15)13-22(2,25)14-24/h4-7,11-12H,3,8-10,13,25H2,1-2H3/t22-/m1/s1. The Hall–Kier alpha value is -2.95. The average Bonchev–Trinajstić information content (AvgIpc) is 3.01. The number of hydrogen-bond donors (Lipinski definition) is 1. The smallest absolute Gasteiger partial charge is 0.408 e. The fourth-order valence-corrected chi connectivity index (χ4v) is 3.16. The maximum atomic E-state index is 14.6. The molecule has 0 bridgehead atoms. The number of ether oxygens (including phenoxy) is 1. The first-order valence-electron chi connectivity index (χ1n) is 9.54. The number of oxazole rings is 1. The van der Waals surface area contributed by atoms with Crippen LogP contribution in [0, 0.1) is 17.1 Å². The van der Waals surface area contributed by atoms with Crippen LogP contribution in [0.4, 0.5) is 4.39 Å².